The third-order valence-corrected chi connectivity index (χ3v) is 5.57. The molecule has 0 spiro atoms. The average Bonchev–Trinajstić information content (AvgIpc) is 3.16. The fourth-order valence-electron chi connectivity index (χ4n) is 4.22. The second kappa shape index (κ2) is 7.04. The normalized spacial score (nSPS) is 22.2. The van der Waals surface area contributed by atoms with Gasteiger partial charge in [0.05, 0.1) is 12.1 Å². The molecule has 2 aliphatic heterocycles. The molecular formula is C18H19ClF3N5O. The number of rotatable bonds is 4. The van der Waals surface area contributed by atoms with Gasteiger partial charge in [-0.15, -0.1) is 10.2 Å². The quantitative estimate of drug-likeness (QED) is 0.836. The first-order valence-corrected chi connectivity index (χ1v) is 9.43. The van der Waals surface area contributed by atoms with E-state index < -0.39 is 24.1 Å². The number of nitrogens with zero attached hydrogens (tertiary/aromatic N) is 4. The number of benzene rings is 1. The van der Waals surface area contributed by atoms with Gasteiger partial charge in [0.2, 0.25) is 11.7 Å². The van der Waals surface area contributed by atoms with Crippen LogP contribution in [0.3, 0.4) is 0 Å². The van der Waals surface area contributed by atoms with E-state index in [1.807, 2.05) is 12.1 Å². The lowest BCUT2D eigenvalue weighted by Gasteiger charge is -2.36. The summed E-state index contributed by atoms with van der Waals surface area (Å²) in [6.07, 6.45) is -2.74. The molecule has 1 aromatic heterocycles. The van der Waals surface area contributed by atoms with Crippen LogP contribution < -0.4 is 5.73 Å². The van der Waals surface area contributed by atoms with Crippen molar-refractivity contribution in [3.05, 3.63) is 46.5 Å². The fourth-order valence-corrected chi connectivity index (χ4v) is 4.44. The van der Waals surface area contributed by atoms with E-state index in [0.29, 0.717) is 24.3 Å². The van der Waals surface area contributed by atoms with Crippen LogP contribution in [0.1, 0.15) is 42.5 Å². The molecule has 1 saturated heterocycles. The van der Waals surface area contributed by atoms with Gasteiger partial charge >= 0.3 is 6.18 Å². The number of nitrogens with two attached hydrogens (primary N) is 1. The summed E-state index contributed by atoms with van der Waals surface area (Å²) in [6, 6.07) is 6.10. The third kappa shape index (κ3) is 3.48. The number of aromatic nitrogens is 3. The van der Waals surface area contributed by atoms with Crippen LogP contribution in [0.15, 0.2) is 24.3 Å². The van der Waals surface area contributed by atoms with E-state index >= 15 is 0 Å². The lowest BCUT2D eigenvalue weighted by Crippen LogP contribution is -2.46. The number of halogens is 4. The molecule has 4 rings (SSSR count). The van der Waals surface area contributed by atoms with Crippen LogP contribution in [0.4, 0.5) is 13.2 Å². The first kappa shape index (κ1) is 19.2. The Labute approximate surface area is 164 Å². The molecule has 10 heteroatoms. The predicted octanol–water partition coefficient (Wildman–Crippen LogP) is 2.96. The predicted molar refractivity (Wildman–Crippen MR) is 95.4 cm³/mol. The van der Waals surface area contributed by atoms with Crippen molar-refractivity contribution < 1.29 is 18.0 Å². The maximum absolute atomic E-state index is 13.1. The number of amides is 1. The van der Waals surface area contributed by atoms with Crippen molar-refractivity contribution in [3.8, 4) is 0 Å². The van der Waals surface area contributed by atoms with Gasteiger partial charge < -0.3 is 15.2 Å². The zero-order chi connectivity index (χ0) is 20.1. The summed E-state index contributed by atoms with van der Waals surface area (Å²) in [4.78, 5) is 14.5. The molecule has 6 nitrogen and oxygen atoms in total. The highest BCUT2D eigenvalue weighted by atomic mass is 35.5. The highest BCUT2D eigenvalue weighted by molar-refractivity contribution is 6.30. The maximum Gasteiger partial charge on any atom is 0.451 e. The molecule has 2 bridgehead atoms. The summed E-state index contributed by atoms with van der Waals surface area (Å²) in [7, 11) is 0. The fraction of sp³-hybridized carbons (Fsp3) is 0.500. The Morgan fingerprint density at radius 1 is 1.32 bits per heavy atom. The summed E-state index contributed by atoms with van der Waals surface area (Å²) >= 11 is 5.97. The number of alkyl halides is 3. The van der Waals surface area contributed by atoms with E-state index in [-0.39, 0.29) is 30.7 Å². The Bertz CT molecular complexity index is 900. The van der Waals surface area contributed by atoms with Gasteiger partial charge in [0.1, 0.15) is 0 Å². The van der Waals surface area contributed by atoms with E-state index in [2.05, 4.69) is 10.2 Å². The summed E-state index contributed by atoms with van der Waals surface area (Å²) in [5.41, 5.74) is 7.09. The van der Waals surface area contributed by atoms with E-state index in [1.54, 1.807) is 17.0 Å². The number of hydrogen-bond acceptors (Lipinski definition) is 4. The van der Waals surface area contributed by atoms with Crippen LogP contribution >= 0.6 is 11.6 Å². The van der Waals surface area contributed by atoms with Crippen molar-refractivity contribution in [3.63, 3.8) is 0 Å². The third-order valence-electron chi connectivity index (χ3n) is 5.34. The molecule has 2 N–H and O–H groups in total. The molecule has 2 aliphatic rings. The van der Waals surface area contributed by atoms with Crippen LogP contribution in [-0.2, 0) is 23.9 Å². The largest absolute Gasteiger partial charge is 0.451 e. The van der Waals surface area contributed by atoms with Gasteiger partial charge in [-0.25, -0.2) is 0 Å². The first-order chi connectivity index (χ1) is 13.2. The van der Waals surface area contributed by atoms with Crippen LogP contribution in [0.25, 0.3) is 0 Å². The van der Waals surface area contributed by atoms with Crippen molar-refractivity contribution in [2.75, 3.05) is 0 Å². The van der Waals surface area contributed by atoms with E-state index in [0.717, 1.165) is 10.1 Å². The smallest absolute Gasteiger partial charge is 0.328 e. The molecule has 0 radical (unpaired) electrons. The van der Waals surface area contributed by atoms with Gasteiger partial charge in [0.25, 0.3) is 0 Å². The summed E-state index contributed by atoms with van der Waals surface area (Å²) in [5.74, 6) is -0.952. The standard InChI is InChI=1S/C18H19ClF3N5O/c19-11-3-1-2-10(6-11)7-12(23)8-15(28)27-13-4-5-14(27)16-24-25-17(18(20,21)22)26(16)9-13/h1-3,6,12-14H,4-5,7-9,23H2/t12-,13-,14+/m1/s1. The van der Waals surface area contributed by atoms with Crippen LogP contribution in [-0.4, -0.2) is 37.7 Å². The van der Waals surface area contributed by atoms with Crippen molar-refractivity contribution in [2.45, 2.75) is 56.5 Å². The second-order valence-electron chi connectivity index (χ2n) is 7.34. The highest BCUT2D eigenvalue weighted by Crippen LogP contribution is 2.42. The van der Waals surface area contributed by atoms with Gasteiger partial charge in [-0.1, -0.05) is 23.7 Å². The molecule has 0 unspecified atom stereocenters. The lowest BCUT2D eigenvalue weighted by molar-refractivity contribution is -0.148. The number of hydrogen-bond donors (Lipinski definition) is 1. The van der Waals surface area contributed by atoms with Crippen molar-refractivity contribution in [2.24, 2.45) is 5.73 Å². The van der Waals surface area contributed by atoms with Gasteiger partial charge in [0.15, 0.2) is 5.82 Å². The topological polar surface area (TPSA) is 77.0 Å². The van der Waals surface area contributed by atoms with E-state index in [1.165, 1.54) is 0 Å². The zero-order valence-electron chi connectivity index (χ0n) is 14.9. The van der Waals surface area contributed by atoms with E-state index in [9.17, 15) is 18.0 Å². The Morgan fingerprint density at radius 3 is 2.82 bits per heavy atom. The molecule has 28 heavy (non-hydrogen) atoms. The summed E-state index contributed by atoms with van der Waals surface area (Å²) < 4.78 is 40.5. The maximum atomic E-state index is 13.1. The molecule has 3 atom stereocenters. The Balaban J connectivity index is 1.48. The number of carbonyl (C=O) groups is 1. The molecule has 3 heterocycles. The van der Waals surface area contributed by atoms with Gasteiger partial charge in [0, 0.05) is 24.0 Å². The molecule has 2 aromatic rings. The molecule has 1 fully saturated rings. The van der Waals surface area contributed by atoms with Gasteiger partial charge in [-0.2, -0.15) is 13.2 Å². The molecule has 0 aliphatic carbocycles. The Hall–Kier alpha value is -2.13. The molecule has 1 aromatic carbocycles. The van der Waals surface area contributed by atoms with Crippen molar-refractivity contribution in [1.29, 1.82) is 0 Å². The minimum atomic E-state index is -4.56. The first-order valence-electron chi connectivity index (χ1n) is 9.05. The SMILES string of the molecule is N[C@@H](CC(=O)N1[C@@H]2CC[C@H]1c1nnc(C(F)(F)F)n1C2)Cc1cccc(Cl)c1. The minimum Gasteiger partial charge on any atom is -0.328 e. The summed E-state index contributed by atoms with van der Waals surface area (Å²) in [5, 5.41) is 7.67. The van der Waals surface area contributed by atoms with Crippen LogP contribution in [0.5, 0.6) is 0 Å². The zero-order valence-corrected chi connectivity index (χ0v) is 15.6. The van der Waals surface area contributed by atoms with E-state index in [4.69, 9.17) is 17.3 Å². The molecular weight excluding hydrogens is 395 g/mol. The monoisotopic (exact) mass is 413 g/mol. The van der Waals surface area contributed by atoms with Gasteiger partial charge in [-0.05, 0) is 37.0 Å². The molecule has 150 valence electrons. The van der Waals surface area contributed by atoms with Crippen LogP contribution in [0, 0.1) is 0 Å². The van der Waals surface area contributed by atoms with Crippen LogP contribution in [0.2, 0.25) is 5.02 Å². The second-order valence-corrected chi connectivity index (χ2v) is 7.77. The Kier molecular flexibility index (Phi) is 4.83. The van der Waals surface area contributed by atoms with Crippen molar-refractivity contribution >= 4 is 17.5 Å². The molecule has 0 saturated carbocycles. The minimum absolute atomic E-state index is 0.0585. The number of fused-ring (bicyclic) bond motifs is 4. The highest BCUT2D eigenvalue weighted by Gasteiger charge is 2.48. The van der Waals surface area contributed by atoms with Gasteiger partial charge in [-0.3, -0.25) is 4.79 Å². The lowest BCUT2D eigenvalue weighted by atomic mass is 10.0. The summed E-state index contributed by atoms with van der Waals surface area (Å²) in [6.45, 7) is 0.0585. The van der Waals surface area contributed by atoms with Crippen molar-refractivity contribution in [1.82, 2.24) is 19.7 Å². The number of carbonyl (C=O) groups excluding carboxylic acids is 1. The Morgan fingerprint density at radius 2 is 2.11 bits per heavy atom. The molecule has 1 amide bonds. The average molecular weight is 414 g/mol.